The van der Waals surface area contributed by atoms with Crippen molar-refractivity contribution in [3.63, 3.8) is 0 Å². The van der Waals surface area contributed by atoms with E-state index >= 15 is 0 Å². The number of hydrogen-bond acceptors (Lipinski definition) is 2. The van der Waals surface area contributed by atoms with Crippen LogP contribution in [-0.2, 0) is 4.74 Å². The average Bonchev–Trinajstić information content (AvgIpc) is 2.21. The summed E-state index contributed by atoms with van der Waals surface area (Å²) in [4.78, 5) is 0. The Morgan fingerprint density at radius 1 is 1.40 bits per heavy atom. The number of ether oxygens (including phenoxy) is 1. The van der Waals surface area contributed by atoms with Crippen LogP contribution in [-0.4, -0.2) is 18.3 Å². The third kappa shape index (κ3) is 3.25. The Morgan fingerprint density at radius 3 is 2.67 bits per heavy atom. The van der Waals surface area contributed by atoms with Crippen LogP contribution >= 0.6 is 0 Å². The molecular formula is C11H14F2O2. The highest BCUT2D eigenvalue weighted by Gasteiger charge is 2.16. The normalized spacial score (nSPS) is 15.0. The maximum Gasteiger partial charge on any atom is 0.129 e. The molecule has 0 spiro atoms. The predicted molar refractivity (Wildman–Crippen MR) is 52.4 cm³/mol. The minimum atomic E-state index is -1.05. The van der Waals surface area contributed by atoms with Crippen LogP contribution in [0.25, 0.3) is 0 Å². The minimum absolute atomic E-state index is 0.0288. The number of halogens is 2. The van der Waals surface area contributed by atoms with Gasteiger partial charge in [0.15, 0.2) is 0 Å². The van der Waals surface area contributed by atoms with Gasteiger partial charge in [0.1, 0.15) is 11.6 Å². The van der Waals surface area contributed by atoms with Crippen LogP contribution in [0.2, 0.25) is 0 Å². The van der Waals surface area contributed by atoms with Crippen LogP contribution in [0.1, 0.15) is 25.0 Å². The van der Waals surface area contributed by atoms with Crippen molar-refractivity contribution >= 4 is 0 Å². The van der Waals surface area contributed by atoms with Crippen LogP contribution in [0.15, 0.2) is 18.2 Å². The molecule has 0 saturated heterocycles. The van der Waals surface area contributed by atoms with Crippen LogP contribution in [0, 0.1) is 11.6 Å². The Morgan fingerprint density at radius 2 is 2.07 bits per heavy atom. The van der Waals surface area contributed by atoms with Crippen molar-refractivity contribution in [3.8, 4) is 0 Å². The van der Waals surface area contributed by atoms with E-state index in [1.54, 1.807) is 6.92 Å². The molecule has 0 heterocycles. The first-order valence-corrected chi connectivity index (χ1v) is 4.70. The molecule has 84 valence electrons. The Hall–Kier alpha value is -1.00. The van der Waals surface area contributed by atoms with Gasteiger partial charge in [-0.25, -0.2) is 8.78 Å². The molecule has 2 unspecified atom stereocenters. The molecule has 0 saturated carbocycles. The van der Waals surface area contributed by atoms with E-state index in [4.69, 9.17) is 4.74 Å². The standard InChI is InChI=1S/C11H14F2O2/c1-7(15-2)5-11(14)9-6-8(12)3-4-10(9)13/h3-4,6-7,11,14H,5H2,1-2H3. The molecule has 0 bridgehead atoms. The van der Waals surface area contributed by atoms with Gasteiger partial charge in [-0.05, 0) is 25.1 Å². The quantitative estimate of drug-likeness (QED) is 0.837. The number of aliphatic hydroxyl groups excluding tert-OH is 1. The first-order valence-electron chi connectivity index (χ1n) is 4.70. The van der Waals surface area contributed by atoms with Gasteiger partial charge >= 0.3 is 0 Å². The Labute approximate surface area is 87.5 Å². The summed E-state index contributed by atoms with van der Waals surface area (Å²) in [6, 6.07) is 3.03. The van der Waals surface area contributed by atoms with E-state index in [-0.39, 0.29) is 18.1 Å². The molecule has 0 fully saturated rings. The second-order valence-electron chi connectivity index (χ2n) is 3.46. The largest absolute Gasteiger partial charge is 0.388 e. The Bertz CT molecular complexity index is 328. The monoisotopic (exact) mass is 216 g/mol. The van der Waals surface area contributed by atoms with Crippen molar-refractivity contribution < 1.29 is 18.6 Å². The van der Waals surface area contributed by atoms with E-state index in [0.29, 0.717) is 0 Å². The van der Waals surface area contributed by atoms with Crippen molar-refractivity contribution in [1.29, 1.82) is 0 Å². The van der Waals surface area contributed by atoms with E-state index in [9.17, 15) is 13.9 Å². The zero-order chi connectivity index (χ0) is 11.4. The summed E-state index contributed by atoms with van der Waals surface area (Å²) in [7, 11) is 1.50. The van der Waals surface area contributed by atoms with E-state index in [2.05, 4.69) is 0 Å². The highest BCUT2D eigenvalue weighted by molar-refractivity contribution is 5.21. The molecule has 0 aliphatic heterocycles. The lowest BCUT2D eigenvalue weighted by Crippen LogP contribution is -2.12. The van der Waals surface area contributed by atoms with Crippen molar-refractivity contribution in [2.24, 2.45) is 0 Å². The van der Waals surface area contributed by atoms with E-state index < -0.39 is 17.7 Å². The predicted octanol–water partition coefficient (Wildman–Crippen LogP) is 2.42. The average molecular weight is 216 g/mol. The molecule has 1 rings (SSSR count). The zero-order valence-electron chi connectivity index (χ0n) is 8.71. The van der Waals surface area contributed by atoms with E-state index in [1.165, 1.54) is 7.11 Å². The minimum Gasteiger partial charge on any atom is -0.388 e. The lowest BCUT2D eigenvalue weighted by atomic mass is 10.0. The molecule has 0 aliphatic rings. The number of benzene rings is 1. The first kappa shape index (κ1) is 12.1. The summed E-state index contributed by atoms with van der Waals surface area (Å²) in [6.07, 6.45) is -1.02. The highest BCUT2D eigenvalue weighted by Crippen LogP contribution is 2.22. The topological polar surface area (TPSA) is 29.5 Å². The van der Waals surface area contributed by atoms with Gasteiger partial charge in [-0.3, -0.25) is 0 Å². The third-order valence-corrected chi connectivity index (χ3v) is 2.27. The molecule has 4 heteroatoms. The van der Waals surface area contributed by atoms with Gasteiger partial charge < -0.3 is 9.84 Å². The fourth-order valence-corrected chi connectivity index (χ4v) is 1.31. The second kappa shape index (κ2) is 5.19. The lowest BCUT2D eigenvalue weighted by molar-refractivity contribution is 0.0544. The van der Waals surface area contributed by atoms with Crippen molar-refractivity contribution in [2.75, 3.05) is 7.11 Å². The third-order valence-electron chi connectivity index (χ3n) is 2.27. The van der Waals surface area contributed by atoms with Gasteiger partial charge in [-0.2, -0.15) is 0 Å². The van der Waals surface area contributed by atoms with Gasteiger partial charge in [0.2, 0.25) is 0 Å². The van der Waals surface area contributed by atoms with E-state index in [0.717, 1.165) is 18.2 Å². The maximum atomic E-state index is 13.2. The Balaban J connectivity index is 2.80. The summed E-state index contributed by atoms with van der Waals surface area (Å²) >= 11 is 0. The molecule has 1 N–H and O–H groups in total. The van der Waals surface area contributed by atoms with Gasteiger partial charge in [-0.1, -0.05) is 0 Å². The summed E-state index contributed by atoms with van der Waals surface area (Å²) < 4.78 is 31.0. The fraction of sp³-hybridized carbons (Fsp3) is 0.455. The summed E-state index contributed by atoms with van der Waals surface area (Å²) in [5.41, 5.74) is -0.0288. The SMILES string of the molecule is COC(C)CC(O)c1cc(F)ccc1F. The van der Waals surface area contributed by atoms with E-state index in [1.807, 2.05) is 0 Å². The molecule has 2 atom stereocenters. The first-order chi connectivity index (χ1) is 7.04. The molecule has 1 aromatic rings. The molecule has 15 heavy (non-hydrogen) atoms. The summed E-state index contributed by atoms with van der Waals surface area (Å²) in [6.45, 7) is 1.75. The summed E-state index contributed by atoms with van der Waals surface area (Å²) in [5.74, 6) is -1.16. The van der Waals surface area contributed by atoms with Gasteiger partial charge in [0.05, 0.1) is 12.2 Å². The molecule has 0 aromatic heterocycles. The van der Waals surface area contributed by atoms with Gasteiger partial charge in [0, 0.05) is 19.1 Å². The van der Waals surface area contributed by atoms with Crippen LogP contribution in [0.4, 0.5) is 8.78 Å². The highest BCUT2D eigenvalue weighted by atomic mass is 19.1. The van der Waals surface area contributed by atoms with Crippen LogP contribution in [0.3, 0.4) is 0 Å². The fourth-order valence-electron chi connectivity index (χ4n) is 1.31. The number of rotatable bonds is 4. The summed E-state index contributed by atoms with van der Waals surface area (Å²) in [5, 5.41) is 9.64. The molecule has 0 aliphatic carbocycles. The van der Waals surface area contributed by atoms with Crippen LogP contribution < -0.4 is 0 Å². The molecule has 0 radical (unpaired) electrons. The molecule has 1 aromatic carbocycles. The number of aliphatic hydroxyl groups is 1. The molecule has 2 nitrogen and oxygen atoms in total. The van der Waals surface area contributed by atoms with Gasteiger partial charge in [0.25, 0.3) is 0 Å². The molecular weight excluding hydrogens is 202 g/mol. The Kier molecular flexibility index (Phi) is 4.17. The van der Waals surface area contributed by atoms with Gasteiger partial charge in [-0.15, -0.1) is 0 Å². The number of hydrogen-bond donors (Lipinski definition) is 1. The lowest BCUT2D eigenvalue weighted by Gasteiger charge is -2.16. The van der Waals surface area contributed by atoms with Crippen molar-refractivity contribution in [3.05, 3.63) is 35.4 Å². The van der Waals surface area contributed by atoms with Crippen molar-refractivity contribution in [2.45, 2.75) is 25.6 Å². The smallest absolute Gasteiger partial charge is 0.129 e. The molecule has 0 amide bonds. The zero-order valence-corrected chi connectivity index (χ0v) is 8.71. The van der Waals surface area contributed by atoms with Crippen LogP contribution in [0.5, 0.6) is 0 Å². The van der Waals surface area contributed by atoms with Crippen molar-refractivity contribution in [1.82, 2.24) is 0 Å². The second-order valence-corrected chi connectivity index (χ2v) is 3.46. The maximum absolute atomic E-state index is 13.2. The number of methoxy groups -OCH3 is 1.